The van der Waals surface area contributed by atoms with E-state index in [9.17, 15) is 8.42 Å². The fraction of sp³-hybridized carbons (Fsp3) is 0.167. The Kier molecular flexibility index (Phi) is 3.39. The van der Waals surface area contributed by atoms with Gasteiger partial charge in [-0.1, -0.05) is 0 Å². The quantitative estimate of drug-likeness (QED) is 0.829. The smallest absolute Gasteiger partial charge is 0.264 e. The van der Waals surface area contributed by atoms with E-state index in [-0.39, 0.29) is 10.8 Å². The molecule has 2 rings (SSSR count). The first kappa shape index (κ1) is 13.3. The molecule has 0 atom stereocenters. The number of nitrogens with zero attached hydrogens (tertiary/aromatic N) is 2. The second kappa shape index (κ2) is 4.85. The molecule has 1 heterocycles. The molecule has 7 heteroatoms. The Balaban J connectivity index is 2.46. The molecule has 19 heavy (non-hydrogen) atoms. The SMILES string of the molecule is Cc1cc(N)cc(S(=O)(=O)Nc2ncccn2)c1C. The Morgan fingerprint density at radius 1 is 1.16 bits per heavy atom. The normalized spacial score (nSPS) is 11.3. The summed E-state index contributed by atoms with van der Waals surface area (Å²) >= 11 is 0. The van der Waals surface area contributed by atoms with Crippen LogP contribution in [0.1, 0.15) is 11.1 Å². The lowest BCUT2D eigenvalue weighted by molar-refractivity contribution is 0.600. The molecule has 2 aromatic rings. The highest BCUT2D eigenvalue weighted by Crippen LogP contribution is 2.23. The number of nitrogen functional groups attached to an aromatic ring is 1. The molecule has 0 spiro atoms. The minimum absolute atomic E-state index is 0.0296. The zero-order valence-corrected chi connectivity index (χ0v) is 11.4. The first-order valence-electron chi connectivity index (χ1n) is 5.57. The monoisotopic (exact) mass is 278 g/mol. The number of aromatic nitrogens is 2. The van der Waals surface area contributed by atoms with E-state index in [0.717, 1.165) is 5.56 Å². The lowest BCUT2D eigenvalue weighted by Crippen LogP contribution is -2.16. The molecule has 6 nitrogen and oxygen atoms in total. The third kappa shape index (κ3) is 2.82. The summed E-state index contributed by atoms with van der Waals surface area (Å²) in [5, 5.41) is 0. The number of benzene rings is 1. The van der Waals surface area contributed by atoms with Gasteiger partial charge in [-0.2, -0.15) is 0 Å². The Bertz CT molecular complexity index is 699. The first-order valence-corrected chi connectivity index (χ1v) is 7.05. The number of hydrogen-bond donors (Lipinski definition) is 2. The van der Waals surface area contributed by atoms with Crippen molar-refractivity contribution in [3.05, 3.63) is 41.7 Å². The van der Waals surface area contributed by atoms with Crippen LogP contribution in [-0.2, 0) is 10.0 Å². The molecule has 3 N–H and O–H groups in total. The van der Waals surface area contributed by atoms with Crippen LogP contribution in [0.5, 0.6) is 0 Å². The molecule has 1 aromatic carbocycles. The maximum absolute atomic E-state index is 12.3. The van der Waals surface area contributed by atoms with Crippen molar-refractivity contribution in [3.63, 3.8) is 0 Å². The van der Waals surface area contributed by atoms with Crippen molar-refractivity contribution in [3.8, 4) is 0 Å². The molecule has 0 radical (unpaired) electrons. The summed E-state index contributed by atoms with van der Waals surface area (Å²) in [7, 11) is -3.74. The molecule has 0 fully saturated rings. The van der Waals surface area contributed by atoms with Crippen molar-refractivity contribution < 1.29 is 8.42 Å². The van der Waals surface area contributed by atoms with E-state index in [1.54, 1.807) is 19.1 Å². The van der Waals surface area contributed by atoms with Gasteiger partial charge in [0, 0.05) is 18.1 Å². The number of rotatable bonds is 3. The lowest BCUT2D eigenvalue weighted by atomic mass is 10.1. The summed E-state index contributed by atoms with van der Waals surface area (Å²) in [6, 6.07) is 4.76. The fourth-order valence-electron chi connectivity index (χ4n) is 1.66. The van der Waals surface area contributed by atoms with Crippen molar-refractivity contribution in [2.45, 2.75) is 18.7 Å². The summed E-state index contributed by atoms with van der Waals surface area (Å²) < 4.78 is 26.9. The van der Waals surface area contributed by atoms with Crippen LogP contribution in [0.4, 0.5) is 11.6 Å². The van der Waals surface area contributed by atoms with Crippen molar-refractivity contribution in [2.75, 3.05) is 10.5 Å². The van der Waals surface area contributed by atoms with Gasteiger partial charge in [-0.15, -0.1) is 0 Å². The van der Waals surface area contributed by atoms with Gasteiger partial charge in [0.2, 0.25) is 5.95 Å². The van der Waals surface area contributed by atoms with E-state index < -0.39 is 10.0 Å². The second-order valence-electron chi connectivity index (χ2n) is 4.14. The molecule has 0 bridgehead atoms. The van der Waals surface area contributed by atoms with Crippen LogP contribution in [0.2, 0.25) is 0 Å². The van der Waals surface area contributed by atoms with Gasteiger partial charge in [0.25, 0.3) is 10.0 Å². The van der Waals surface area contributed by atoms with Gasteiger partial charge in [0.1, 0.15) is 0 Å². The summed E-state index contributed by atoms with van der Waals surface area (Å²) in [4.78, 5) is 7.80. The number of nitrogens with two attached hydrogens (primary N) is 1. The Morgan fingerprint density at radius 3 is 2.42 bits per heavy atom. The fourth-order valence-corrected chi connectivity index (χ4v) is 2.97. The van der Waals surface area contributed by atoms with Crippen molar-refractivity contribution in [1.82, 2.24) is 9.97 Å². The van der Waals surface area contributed by atoms with Crippen LogP contribution >= 0.6 is 0 Å². The van der Waals surface area contributed by atoms with E-state index in [0.29, 0.717) is 11.3 Å². The van der Waals surface area contributed by atoms with Crippen LogP contribution in [0.25, 0.3) is 0 Å². The average Bonchev–Trinajstić information content (AvgIpc) is 2.34. The third-order valence-corrected chi connectivity index (χ3v) is 4.18. The molecule has 0 unspecified atom stereocenters. The lowest BCUT2D eigenvalue weighted by Gasteiger charge is -2.11. The minimum Gasteiger partial charge on any atom is -0.399 e. The van der Waals surface area contributed by atoms with Crippen LogP contribution in [0.15, 0.2) is 35.5 Å². The molecule has 0 saturated carbocycles. The molecule has 0 saturated heterocycles. The molecular weight excluding hydrogens is 264 g/mol. The van der Waals surface area contributed by atoms with Crippen molar-refractivity contribution >= 4 is 21.7 Å². The van der Waals surface area contributed by atoms with Gasteiger partial charge < -0.3 is 5.73 Å². The Morgan fingerprint density at radius 2 is 1.79 bits per heavy atom. The zero-order chi connectivity index (χ0) is 14.0. The second-order valence-corrected chi connectivity index (χ2v) is 5.79. The van der Waals surface area contributed by atoms with E-state index >= 15 is 0 Å². The number of hydrogen-bond acceptors (Lipinski definition) is 5. The largest absolute Gasteiger partial charge is 0.399 e. The maximum Gasteiger partial charge on any atom is 0.264 e. The van der Waals surface area contributed by atoms with Crippen LogP contribution in [0.3, 0.4) is 0 Å². The van der Waals surface area contributed by atoms with Crippen LogP contribution < -0.4 is 10.5 Å². The topological polar surface area (TPSA) is 98.0 Å². The predicted molar refractivity (Wildman–Crippen MR) is 73.2 cm³/mol. The van der Waals surface area contributed by atoms with Gasteiger partial charge in [0.15, 0.2) is 0 Å². The highest BCUT2D eigenvalue weighted by Gasteiger charge is 2.19. The van der Waals surface area contributed by atoms with E-state index in [1.807, 2.05) is 6.92 Å². The van der Waals surface area contributed by atoms with E-state index in [2.05, 4.69) is 14.7 Å². The Hall–Kier alpha value is -2.15. The molecule has 1 aromatic heterocycles. The number of aryl methyl sites for hydroxylation is 1. The van der Waals surface area contributed by atoms with Gasteiger partial charge in [-0.3, -0.25) is 0 Å². The summed E-state index contributed by atoms with van der Waals surface area (Å²) in [5.74, 6) is 0.0296. The summed E-state index contributed by atoms with van der Waals surface area (Å²) in [5.41, 5.74) is 7.56. The third-order valence-electron chi connectivity index (χ3n) is 2.72. The molecule has 0 aliphatic heterocycles. The standard InChI is InChI=1S/C12H14N4O2S/c1-8-6-10(13)7-11(9(8)2)19(17,18)16-12-14-4-3-5-15-12/h3-7H,13H2,1-2H3,(H,14,15,16). The predicted octanol–water partition coefficient (Wildman–Crippen LogP) is 1.48. The van der Waals surface area contributed by atoms with E-state index in [1.165, 1.54) is 18.5 Å². The van der Waals surface area contributed by atoms with Crippen molar-refractivity contribution in [2.24, 2.45) is 0 Å². The van der Waals surface area contributed by atoms with E-state index in [4.69, 9.17) is 5.73 Å². The number of anilines is 2. The number of nitrogens with one attached hydrogen (secondary N) is 1. The average molecular weight is 278 g/mol. The number of sulfonamides is 1. The molecule has 0 aliphatic carbocycles. The first-order chi connectivity index (χ1) is 8.90. The Labute approximate surface area is 111 Å². The highest BCUT2D eigenvalue weighted by atomic mass is 32.2. The summed E-state index contributed by atoms with van der Waals surface area (Å²) in [6.07, 6.45) is 2.92. The van der Waals surface area contributed by atoms with Crippen LogP contribution in [0, 0.1) is 13.8 Å². The highest BCUT2D eigenvalue weighted by molar-refractivity contribution is 7.92. The van der Waals surface area contributed by atoms with Gasteiger partial charge in [-0.05, 0) is 43.2 Å². The van der Waals surface area contributed by atoms with Gasteiger partial charge in [0.05, 0.1) is 4.90 Å². The van der Waals surface area contributed by atoms with Gasteiger partial charge in [-0.25, -0.2) is 23.1 Å². The van der Waals surface area contributed by atoms with Crippen LogP contribution in [-0.4, -0.2) is 18.4 Å². The maximum atomic E-state index is 12.3. The molecule has 100 valence electrons. The minimum atomic E-state index is -3.74. The zero-order valence-electron chi connectivity index (χ0n) is 10.6. The van der Waals surface area contributed by atoms with Crippen molar-refractivity contribution in [1.29, 1.82) is 0 Å². The summed E-state index contributed by atoms with van der Waals surface area (Å²) in [6.45, 7) is 3.54. The molecule has 0 amide bonds. The molecular formula is C12H14N4O2S. The van der Waals surface area contributed by atoms with Gasteiger partial charge >= 0.3 is 0 Å². The molecule has 0 aliphatic rings.